The van der Waals surface area contributed by atoms with E-state index < -0.39 is 37.1 Å². The second kappa shape index (κ2) is 12.2. The van der Waals surface area contributed by atoms with Gasteiger partial charge in [0.05, 0.1) is 0 Å². The Morgan fingerprint density at radius 3 is 1.27 bits per heavy atom. The lowest BCUT2D eigenvalue weighted by Gasteiger charge is -2.07. The summed E-state index contributed by atoms with van der Waals surface area (Å²) in [7, 11) is 0. The van der Waals surface area contributed by atoms with E-state index in [1.165, 1.54) is 0 Å². The van der Waals surface area contributed by atoms with Crippen molar-refractivity contribution in [3.63, 3.8) is 0 Å². The summed E-state index contributed by atoms with van der Waals surface area (Å²) in [6, 6.07) is -1.03. The average Bonchev–Trinajstić information content (AvgIpc) is 2.45. The monoisotopic (exact) mass is 318 g/mol. The Balaban J connectivity index is 3.33. The van der Waals surface area contributed by atoms with Crippen LogP contribution >= 0.6 is 0 Å². The van der Waals surface area contributed by atoms with Crippen LogP contribution in [0, 0.1) is 0 Å². The van der Waals surface area contributed by atoms with Gasteiger partial charge in [-0.2, -0.15) is 0 Å². The molecule has 0 saturated heterocycles. The molecule has 0 aliphatic carbocycles. The van der Waals surface area contributed by atoms with Crippen LogP contribution in [0.3, 0.4) is 0 Å². The van der Waals surface area contributed by atoms with Gasteiger partial charge >= 0.3 is 24.0 Å². The predicted molar refractivity (Wildman–Crippen MR) is 76.5 cm³/mol. The quantitative estimate of drug-likeness (QED) is 0.277. The number of nitrogens with one attached hydrogen (secondary N) is 4. The Hall–Kier alpha value is -2.52. The van der Waals surface area contributed by atoms with Crippen molar-refractivity contribution >= 4 is 24.0 Å². The van der Waals surface area contributed by atoms with Crippen molar-refractivity contribution in [1.29, 1.82) is 0 Å². The van der Waals surface area contributed by atoms with Crippen LogP contribution < -0.4 is 21.3 Å². The maximum atomic E-state index is 11.1. The van der Waals surface area contributed by atoms with Gasteiger partial charge in [-0.05, 0) is 12.8 Å². The largest absolute Gasteiger partial charge is 0.480 e. The number of carbonyl (C=O) groups is 4. The lowest BCUT2D eigenvalue weighted by molar-refractivity contribution is -0.136. The first-order valence-electron chi connectivity index (χ1n) is 6.89. The molecule has 0 spiro atoms. The van der Waals surface area contributed by atoms with Crippen LogP contribution in [0.25, 0.3) is 0 Å². The molecule has 0 aliphatic rings. The summed E-state index contributed by atoms with van der Waals surface area (Å²) < 4.78 is 0. The van der Waals surface area contributed by atoms with Crippen LogP contribution in [-0.4, -0.2) is 60.4 Å². The number of aliphatic carboxylic acids is 2. The zero-order chi connectivity index (χ0) is 16.8. The summed E-state index contributed by atoms with van der Waals surface area (Å²) in [5.41, 5.74) is 0. The van der Waals surface area contributed by atoms with Crippen molar-refractivity contribution in [3.05, 3.63) is 0 Å². The van der Waals surface area contributed by atoms with Gasteiger partial charge in [0.25, 0.3) is 0 Å². The van der Waals surface area contributed by atoms with E-state index in [1.54, 1.807) is 0 Å². The summed E-state index contributed by atoms with van der Waals surface area (Å²) in [5, 5.41) is 26.1. The fourth-order valence-corrected chi connectivity index (χ4v) is 1.44. The molecule has 0 saturated carbocycles. The van der Waals surface area contributed by atoms with Gasteiger partial charge in [0.1, 0.15) is 13.1 Å². The fraction of sp³-hybridized carbons (Fsp3) is 0.667. The molecule has 10 nitrogen and oxygen atoms in total. The minimum atomic E-state index is -1.10. The third-order valence-electron chi connectivity index (χ3n) is 2.48. The molecule has 126 valence electrons. The van der Waals surface area contributed by atoms with E-state index in [2.05, 4.69) is 21.3 Å². The standard InChI is InChI=1S/C12H22N4O6/c17-9(18)7-15-11(21)13-5-3-1-2-4-6-14-12(22)16-8-10(19)20/h1-8H2,(H,17,18)(H,19,20)(H2,13,15,21)(H2,14,16,22). The lowest BCUT2D eigenvalue weighted by Crippen LogP contribution is -2.39. The van der Waals surface area contributed by atoms with Crippen LogP contribution in [0.5, 0.6) is 0 Å². The molecule has 0 radical (unpaired) electrons. The number of rotatable bonds is 11. The highest BCUT2D eigenvalue weighted by Gasteiger charge is 2.03. The SMILES string of the molecule is O=C(O)CNC(=O)NCCCCCCNC(=O)NCC(=O)O. The maximum absolute atomic E-state index is 11.1. The number of amides is 4. The lowest BCUT2D eigenvalue weighted by atomic mass is 10.2. The number of hydrogen-bond acceptors (Lipinski definition) is 4. The molecule has 0 rings (SSSR count). The van der Waals surface area contributed by atoms with Gasteiger partial charge in [-0.25, -0.2) is 9.59 Å². The van der Waals surface area contributed by atoms with Crippen molar-refractivity contribution in [2.45, 2.75) is 25.7 Å². The highest BCUT2D eigenvalue weighted by atomic mass is 16.4. The van der Waals surface area contributed by atoms with Gasteiger partial charge in [-0.1, -0.05) is 12.8 Å². The molecular formula is C12H22N4O6. The Kier molecular flexibility index (Phi) is 10.8. The van der Waals surface area contributed by atoms with Gasteiger partial charge in [0.15, 0.2) is 0 Å². The topological polar surface area (TPSA) is 157 Å². The predicted octanol–water partition coefficient (Wildman–Crippen LogP) is -0.686. The van der Waals surface area contributed by atoms with Crippen LogP contribution in [-0.2, 0) is 9.59 Å². The van der Waals surface area contributed by atoms with Gasteiger partial charge < -0.3 is 31.5 Å². The normalized spacial score (nSPS) is 9.64. The smallest absolute Gasteiger partial charge is 0.323 e. The molecule has 10 heteroatoms. The first kappa shape index (κ1) is 19.5. The first-order chi connectivity index (χ1) is 10.4. The Morgan fingerprint density at radius 2 is 0.955 bits per heavy atom. The molecular weight excluding hydrogens is 296 g/mol. The number of carbonyl (C=O) groups excluding carboxylic acids is 2. The van der Waals surface area contributed by atoms with E-state index in [0.717, 1.165) is 25.7 Å². The highest BCUT2D eigenvalue weighted by molar-refractivity contribution is 5.80. The molecule has 0 aliphatic heterocycles. The van der Waals surface area contributed by atoms with Crippen molar-refractivity contribution in [3.8, 4) is 0 Å². The van der Waals surface area contributed by atoms with Gasteiger partial charge in [-0.15, -0.1) is 0 Å². The zero-order valence-corrected chi connectivity index (χ0v) is 12.2. The second-order valence-corrected chi connectivity index (χ2v) is 4.42. The Morgan fingerprint density at radius 1 is 0.591 bits per heavy atom. The molecule has 0 atom stereocenters. The van der Waals surface area contributed by atoms with Crippen LogP contribution in [0.1, 0.15) is 25.7 Å². The number of unbranched alkanes of at least 4 members (excludes halogenated alkanes) is 3. The molecule has 0 fully saturated rings. The molecule has 4 amide bonds. The molecule has 0 unspecified atom stereocenters. The van der Waals surface area contributed by atoms with Crippen molar-refractivity contribution < 1.29 is 29.4 Å². The minimum Gasteiger partial charge on any atom is -0.480 e. The minimum absolute atomic E-state index is 0.415. The van der Waals surface area contributed by atoms with Crippen LogP contribution in [0.15, 0.2) is 0 Å². The van der Waals surface area contributed by atoms with E-state index in [4.69, 9.17) is 10.2 Å². The van der Waals surface area contributed by atoms with Crippen molar-refractivity contribution in [2.24, 2.45) is 0 Å². The highest BCUT2D eigenvalue weighted by Crippen LogP contribution is 1.97. The number of carboxylic acid groups (broad SMARTS) is 2. The molecule has 0 bridgehead atoms. The van der Waals surface area contributed by atoms with E-state index in [0.29, 0.717) is 13.1 Å². The molecule has 0 aromatic carbocycles. The van der Waals surface area contributed by atoms with Crippen LogP contribution in [0.2, 0.25) is 0 Å². The number of hydrogen-bond donors (Lipinski definition) is 6. The summed E-state index contributed by atoms with van der Waals surface area (Å²) in [5.74, 6) is -2.20. The van der Waals surface area contributed by atoms with E-state index >= 15 is 0 Å². The van der Waals surface area contributed by atoms with Crippen molar-refractivity contribution in [1.82, 2.24) is 21.3 Å². The zero-order valence-electron chi connectivity index (χ0n) is 12.2. The van der Waals surface area contributed by atoms with Gasteiger partial charge in [0.2, 0.25) is 0 Å². The fourth-order valence-electron chi connectivity index (χ4n) is 1.44. The average molecular weight is 318 g/mol. The van der Waals surface area contributed by atoms with Crippen molar-refractivity contribution in [2.75, 3.05) is 26.2 Å². The summed E-state index contributed by atoms with van der Waals surface area (Å²) in [6.07, 6.45) is 3.17. The molecule has 0 aromatic heterocycles. The molecule has 0 aromatic rings. The number of carboxylic acids is 2. The van der Waals surface area contributed by atoms with E-state index in [1.807, 2.05) is 0 Å². The summed E-state index contributed by atoms with van der Waals surface area (Å²) >= 11 is 0. The summed E-state index contributed by atoms with van der Waals surface area (Å²) in [6.45, 7) is 0.0544. The summed E-state index contributed by atoms with van der Waals surface area (Å²) in [4.78, 5) is 42.6. The number of urea groups is 2. The Labute approximate surface area is 127 Å². The van der Waals surface area contributed by atoms with Gasteiger partial charge in [0, 0.05) is 13.1 Å². The molecule has 6 N–H and O–H groups in total. The Bertz CT molecular complexity index is 352. The third-order valence-corrected chi connectivity index (χ3v) is 2.48. The molecule has 0 heterocycles. The van der Waals surface area contributed by atoms with Crippen LogP contribution in [0.4, 0.5) is 9.59 Å². The second-order valence-electron chi connectivity index (χ2n) is 4.42. The van der Waals surface area contributed by atoms with E-state index in [9.17, 15) is 19.2 Å². The first-order valence-corrected chi connectivity index (χ1v) is 6.89. The maximum Gasteiger partial charge on any atom is 0.323 e. The third kappa shape index (κ3) is 13.9. The molecule has 22 heavy (non-hydrogen) atoms. The van der Waals surface area contributed by atoms with Gasteiger partial charge in [-0.3, -0.25) is 9.59 Å². The van der Waals surface area contributed by atoms with E-state index in [-0.39, 0.29) is 0 Å².